The zero-order chi connectivity index (χ0) is 45.3. The maximum atomic E-state index is 11.9. The number of aryl methyl sites for hydroxylation is 2. The van der Waals surface area contributed by atoms with Crippen molar-refractivity contribution in [1.82, 2.24) is 19.9 Å². The average molecular weight is 917 g/mol. The zero-order valence-corrected chi connectivity index (χ0v) is 37.8. The highest BCUT2D eigenvalue weighted by Crippen LogP contribution is 2.24. The molecule has 0 saturated heterocycles. The highest BCUT2D eigenvalue weighted by atomic mass is 32.2. The second kappa shape index (κ2) is 19.5. The van der Waals surface area contributed by atoms with Crippen LogP contribution in [0, 0.1) is 11.8 Å². The summed E-state index contributed by atoms with van der Waals surface area (Å²) in [4.78, 5) is 17.7. The first kappa shape index (κ1) is 46.7. The lowest BCUT2D eigenvalue weighted by atomic mass is 10.1. The van der Waals surface area contributed by atoms with Gasteiger partial charge in [0.15, 0.2) is 19.7 Å². The van der Waals surface area contributed by atoms with Gasteiger partial charge in [0, 0.05) is 61.6 Å². The summed E-state index contributed by atoms with van der Waals surface area (Å²) in [6.45, 7) is 0. The van der Waals surface area contributed by atoms with Crippen molar-refractivity contribution in [2.24, 2.45) is 0 Å². The lowest BCUT2D eigenvalue weighted by Gasteiger charge is -2.20. The molecule has 16 nitrogen and oxygen atoms in total. The summed E-state index contributed by atoms with van der Waals surface area (Å²) in [6, 6.07) is 30.3. The van der Waals surface area contributed by atoms with E-state index >= 15 is 0 Å². The number of benzene rings is 4. The van der Waals surface area contributed by atoms with E-state index in [1.165, 1.54) is 53.2 Å². The van der Waals surface area contributed by atoms with Crippen molar-refractivity contribution < 1.29 is 33.7 Å². The number of rotatable bonds is 13. The highest BCUT2D eigenvalue weighted by Gasteiger charge is 2.17. The predicted molar refractivity (Wildman–Crippen MR) is 242 cm³/mol. The Kier molecular flexibility index (Phi) is 14.7. The molecular weight excluding hydrogens is 873 g/mol. The van der Waals surface area contributed by atoms with E-state index < -0.39 is 39.7 Å². The van der Waals surface area contributed by atoms with Gasteiger partial charge in [-0.15, -0.1) is 0 Å². The lowest BCUT2D eigenvalue weighted by molar-refractivity contribution is 0.598. The summed E-state index contributed by atoms with van der Waals surface area (Å²) in [5, 5.41) is 6.06. The van der Waals surface area contributed by atoms with Crippen LogP contribution in [-0.2, 0) is 52.6 Å². The molecule has 0 aliphatic carbocycles. The molecule has 20 heteroatoms. The molecular formula is C42H44N8O8S4. The maximum Gasteiger partial charge on any atom is 0.232 e. The summed E-state index contributed by atoms with van der Waals surface area (Å²) in [5.41, 5.74) is 5.07. The van der Waals surface area contributed by atoms with Crippen LogP contribution in [0.15, 0.2) is 131 Å². The molecule has 0 saturated carbocycles. The van der Waals surface area contributed by atoms with Gasteiger partial charge in [0.05, 0.1) is 33.7 Å². The van der Waals surface area contributed by atoms with Gasteiger partial charge in [0.2, 0.25) is 31.9 Å². The van der Waals surface area contributed by atoms with Crippen LogP contribution in [0.25, 0.3) is 0 Å². The molecule has 0 aliphatic rings. The zero-order valence-electron chi connectivity index (χ0n) is 34.5. The fourth-order valence-corrected chi connectivity index (χ4v) is 7.86. The van der Waals surface area contributed by atoms with E-state index in [1.807, 2.05) is 18.2 Å². The van der Waals surface area contributed by atoms with Gasteiger partial charge in [-0.05, 0) is 103 Å². The number of aromatic nitrogens is 4. The van der Waals surface area contributed by atoms with E-state index in [0.717, 1.165) is 30.0 Å². The summed E-state index contributed by atoms with van der Waals surface area (Å²) in [7, 11) is -10.3. The van der Waals surface area contributed by atoms with E-state index in [4.69, 9.17) is 0 Å². The molecule has 324 valence electrons. The molecule has 2 heterocycles. The van der Waals surface area contributed by atoms with E-state index in [0.29, 0.717) is 58.7 Å². The molecule has 2 N–H and O–H groups in total. The van der Waals surface area contributed by atoms with Crippen molar-refractivity contribution in [1.29, 1.82) is 0 Å². The van der Waals surface area contributed by atoms with Crippen molar-refractivity contribution in [2.75, 3.05) is 58.4 Å². The first-order chi connectivity index (χ1) is 29.1. The molecule has 0 aliphatic heterocycles. The largest absolute Gasteiger partial charge is 0.324 e. The Morgan fingerprint density at radius 3 is 1.52 bits per heavy atom. The van der Waals surface area contributed by atoms with Crippen molar-refractivity contribution in [3.05, 3.63) is 144 Å². The first-order valence-electron chi connectivity index (χ1n) is 18.4. The fraction of sp³-hybridized carbons (Fsp3) is 0.190. The third-order valence-corrected chi connectivity index (χ3v) is 13.6. The van der Waals surface area contributed by atoms with Gasteiger partial charge in [-0.3, -0.25) is 8.61 Å². The van der Waals surface area contributed by atoms with Crippen molar-refractivity contribution in [3.63, 3.8) is 0 Å². The molecule has 0 atom stereocenters. The van der Waals surface area contributed by atoms with Crippen LogP contribution in [0.1, 0.15) is 22.5 Å². The number of anilines is 6. The summed E-state index contributed by atoms with van der Waals surface area (Å²) in [5.74, 6) is 6.56. The number of hydrogen-bond acceptors (Lipinski definition) is 14. The van der Waals surface area contributed by atoms with E-state index in [-0.39, 0.29) is 9.79 Å². The monoisotopic (exact) mass is 916 g/mol. The second-order valence-corrected chi connectivity index (χ2v) is 21.9. The van der Waals surface area contributed by atoms with Gasteiger partial charge in [-0.25, -0.2) is 53.6 Å². The highest BCUT2D eigenvalue weighted by molar-refractivity contribution is 7.92. The molecule has 62 heavy (non-hydrogen) atoms. The van der Waals surface area contributed by atoms with E-state index in [2.05, 4.69) is 42.4 Å². The fourth-order valence-electron chi connectivity index (χ4n) is 5.55. The molecule has 2 aromatic heterocycles. The topological polar surface area (TPSA) is 219 Å². The maximum absolute atomic E-state index is 11.9. The SMILES string of the molecule is CN(c1ccccc1C#Cc1ccnc(Nc2ccc(S(C)(=O)=O)cc2)n1)S(C)(=O)=O.CN(c1ccccc1CCc1ccnc(Nc2ccc(S(C)(=O)=O)cc2)n1)S(C)(=O)=O. The van der Waals surface area contributed by atoms with E-state index in [1.54, 1.807) is 79.1 Å². The standard InChI is InChI=1S/C21H24N4O4S2.C21H20N4O4S2/c2*1-25(31(3,28)29)20-7-5-4-6-16(20)8-9-18-14-15-22-21(24-18)23-17-10-12-19(13-11-17)30(2,26)27/h4-7,10-15H,8-9H2,1-3H3,(H,22,23,24);4-7,10-15H,1-3H3,(H,22,23,24). The molecule has 0 unspecified atom stereocenters. The van der Waals surface area contributed by atoms with Crippen LogP contribution >= 0.6 is 0 Å². The molecule has 0 spiro atoms. The van der Waals surface area contributed by atoms with Gasteiger partial charge in [0.1, 0.15) is 5.69 Å². The smallest absolute Gasteiger partial charge is 0.232 e. The van der Waals surface area contributed by atoms with Crippen LogP contribution in [0.2, 0.25) is 0 Å². The molecule has 0 bridgehead atoms. The van der Waals surface area contributed by atoms with Crippen molar-refractivity contribution in [3.8, 4) is 11.8 Å². The Balaban J connectivity index is 0.000000234. The second-order valence-electron chi connectivity index (χ2n) is 13.8. The number of nitrogens with one attached hydrogen (secondary N) is 2. The Hall–Kier alpha value is -6.40. The molecule has 0 fully saturated rings. The van der Waals surface area contributed by atoms with Crippen LogP contribution in [0.5, 0.6) is 0 Å². The Labute approximate surface area is 363 Å². The minimum Gasteiger partial charge on any atom is -0.324 e. The van der Waals surface area contributed by atoms with Gasteiger partial charge in [-0.2, -0.15) is 0 Å². The minimum absolute atomic E-state index is 0.219. The van der Waals surface area contributed by atoms with Crippen molar-refractivity contribution in [2.45, 2.75) is 22.6 Å². The predicted octanol–water partition coefficient (Wildman–Crippen LogP) is 5.22. The summed E-state index contributed by atoms with van der Waals surface area (Å²) in [6.07, 6.45) is 8.99. The number of sulfonamides is 2. The molecule has 4 aromatic carbocycles. The lowest BCUT2D eigenvalue weighted by Crippen LogP contribution is -2.26. The summed E-state index contributed by atoms with van der Waals surface area (Å²) >= 11 is 0. The first-order valence-corrected chi connectivity index (χ1v) is 25.9. The average Bonchev–Trinajstić information content (AvgIpc) is 3.21. The number of nitrogens with zero attached hydrogens (tertiary/aromatic N) is 6. The van der Waals surface area contributed by atoms with E-state index in [9.17, 15) is 33.7 Å². The van der Waals surface area contributed by atoms with Crippen LogP contribution in [-0.4, -0.2) is 92.7 Å². The van der Waals surface area contributed by atoms with Gasteiger partial charge < -0.3 is 10.6 Å². The normalized spacial score (nSPS) is 11.6. The molecule has 6 aromatic rings. The van der Waals surface area contributed by atoms with Gasteiger partial charge in [-0.1, -0.05) is 36.3 Å². The molecule has 0 radical (unpaired) electrons. The van der Waals surface area contributed by atoms with Gasteiger partial charge in [0.25, 0.3) is 0 Å². The quantitative estimate of drug-likeness (QED) is 0.142. The van der Waals surface area contributed by atoms with Gasteiger partial charge >= 0.3 is 0 Å². The summed E-state index contributed by atoms with van der Waals surface area (Å²) < 4.78 is 96.3. The minimum atomic E-state index is -3.42. The Bertz CT molecular complexity index is 3070. The van der Waals surface area contributed by atoms with Crippen molar-refractivity contribution >= 4 is 74.4 Å². The van der Waals surface area contributed by atoms with Crippen LogP contribution in [0.4, 0.5) is 34.6 Å². The number of para-hydroxylation sites is 2. The molecule has 6 rings (SSSR count). The number of hydrogen-bond donors (Lipinski definition) is 2. The van der Waals surface area contributed by atoms with Crippen LogP contribution in [0.3, 0.4) is 0 Å². The third-order valence-electron chi connectivity index (χ3n) is 8.99. The van der Waals surface area contributed by atoms with Crippen LogP contribution < -0.4 is 19.2 Å². The molecule has 0 amide bonds. The Morgan fingerprint density at radius 1 is 0.516 bits per heavy atom. The number of sulfone groups is 2. The Morgan fingerprint density at radius 2 is 0.984 bits per heavy atom. The third kappa shape index (κ3) is 13.3.